The minimum atomic E-state index is -0.222. The first-order valence-electron chi connectivity index (χ1n) is 8.45. The number of rotatable bonds is 5. The summed E-state index contributed by atoms with van der Waals surface area (Å²) in [7, 11) is 0. The van der Waals surface area contributed by atoms with Gasteiger partial charge in [-0.15, -0.1) is 11.3 Å². The highest BCUT2D eigenvalue weighted by atomic mass is 79.9. The molecule has 1 unspecified atom stereocenters. The summed E-state index contributed by atoms with van der Waals surface area (Å²) in [6, 6.07) is 15.3. The maximum atomic E-state index is 12.8. The molecule has 0 aliphatic heterocycles. The maximum absolute atomic E-state index is 12.8. The lowest BCUT2D eigenvalue weighted by molar-refractivity contribution is 0.0942. The molecule has 7 heteroatoms. The molecule has 1 aromatic carbocycles. The van der Waals surface area contributed by atoms with E-state index in [1.165, 1.54) is 11.3 Å². The first-order valence-corrected chi connectivity index (χ1v) is 10.1. The van der Waals surface area contributed by atoms with Crippen molar-refractivity contribution in [3.05, 3.63) is 75.8 Å². The molecule has 0 spiro atoms. The minimum absolute atomic E-state index is 0.135. The van der Waals surface area contributed by atoms with Gasteiger partial charge in [-0.1, -0.05) is 30.3 Å². The number of nitrogens with two attached hydrogens (primary N) is 1. The van der Waals surface area contributed by atoms with Crippen molar-refractivity contribution in [3.63, 3.8) is 0 Å². The average molecular weight is 441 g/mol. The summed E-state index contributed by atoms with van der Waals surface area (Å²) < 4.78 is 0.881. The smallest absolute Gasteiger partial charge is 0.261 e. The lowest BCUT2D eigenvalue weighted by Crippen LogP contribution is -2.32. The second-order valence-corrected chi connectivity index (χ2v) is 7.97. The van der Waals surface area contributed by atoms with Gasteiger partial charge in [-0.2, -0.15) is 0 Å². The van der Waals surface area contributed by atoms with Crippen LogP contribution in [0.4, 0.5) is 0 Å². The fraction of sp³-hybridized carbons (Fsp3) is 0.100. The zero-order valence-corrected chi connectivity index (χ0v) is 16.7. The topological polar surface area (TPSA) is 83.8 Å². The van der Waals surface area contributed by atoms with Crippen molar-refractivity contribution in [2.75, 3.05) is 6.54 Å². The first kappa shape index (κ1) is 17.9. The third-order valence-corrected chi connectivity index (χ3v) is 6.40. The molecule has 27 heavy (non-hydrogen) atoms. The van der Waals surface area contributed by atoms with Crippen LogP contribution in [0.15, 0.2) is 65.4 Å². The third kappa shape index (κ3) is 3.53. The van der Waals surface area contributed by atoms with Crippen LogP contribution in [0.5, 0.6) is 0 Å². The third-order valence-electron chi connectivity index (χ3n) is 4.35. The first-order chi connectivity index (χ1) is 13.2. The minimum Gasteiger partial charge on any atom is -0.345 e. The molecule has 0 fully saturated rings. The monoisotopic (exact) mass is 440 g/mol. The molecule has 0 saturated heterocycles. The molecule has 5 nitrogen and oxygen atoms in total. The number of hydrogen-bond donors (Lipinski definition) is 3. The van der Waals surface area contributed by atoms with E-state index in [9.17, 15) is 4.79 Å². The van der Waals surface area contributed by atoms with Crippen molar-refractivity contribution in [1.82, 2.24) is 15.3 Å². The number of fused-ring (bicyclic) bond motifs is 1. The number of pyridine rings is 1. The van der Waals surface area contributed by atoms with Crippen molar-refractivity contribution >= 4 is 44.2 Å². The normalized spacial score (nSPS) is 12.2. The Morgan fingerprint density at radius 1 is 1.26 bits per heavy atom. The average Bonchev–Trinajstić information content (AvgIpc) is 3.30. The largest absolute Gasteiger partial charge is 0.345 e. The summed E-state index contributed by atoms with van der Waals surface area (Å²) in [6.45, 7) is 0.337. The predicted molar refractivity (Wildman–Crippen MR) is 113 cm³/mol. The number of nitrogens with one attached hydrogen (secondary N) is 2. The molecule has 4 rings (SSSR count). The van der Waals surface area contributed by atoms with Crippen LogP contribution in [-0.4, -0.2) is 22.4 Å². The molecule has 0 aliphatic rings. The van der Waals surface area contributed by atoms with Crippen molar-refractivity contribution in [2.45, 2.75) is 6.04 Å². The van der Waals surface area contributed by atoms with Crippen LogP contribution in [0.25, 0.3) is 21.5 Å². The molecule has 3 heterocycles. The summed E-state index contributed by atoms with van der Waals surface area (Å²) in [5, 5.41) is 4.05. The molecule has 0 aliphatic carbocycles. The number of aromatic amines is 1. The number of halogens is 1. The van der Waals surface area contributed by atoms with Gasteiger partial charge in [-0.25, -0.2) is 4.98 Å². The van der Waals surface area contributed by atoms with Crippen LogP contribution in [-0.2, 0) is 0 Å². The molecule has 136 valence electrons. The van der Waals surface area contributed by atoms with Crippen LogP contribution in [0.3, 0.4) is 0 Å². The van der Waals surface area contributed by atoms with Crippen molar-refractivity contribution < 1.29 is 4.79 Å². The Balaban J connectivity index is 1.62. The molecule has 1 amide bonds. The second-order valence-electron chi connectivity index (χ2n) is 6.06. The number of benzene rings is 1. The summed E-state index contributed by atoms with van der Waals surface area (Å²) in [5.41, 5.74) is 8.71. The predicted octanol–water partition coefficient (Wildman–Crippen LogP) is 4.48. The zero-order chi connectivity index (χ0) is 18.8. The van der Waals surface area contributed by atoms with E-state index in [1.54, 1.807) is 6.20 Å². The lowest BCUT2D eigenvalue weighted by Gasteiger charge is -2.16. The highest BCUT2D eigenvalue weighted by Gasteiger charge is 2.20. The molecule has 4 N–H and O–H groups in total. The molecule has 3 aromatic heterocycles. The Labute approximate surface area is 168 Å². The summed E-state index contributed by atoms with van der Waals surface area (Å²) in [4.78, 5) is 21.9. The lowest BCUT2D eigenvalue weighted by atomic mass is 10.1. The number of amides is 1. The Bertz CT molecular complexity index is 1090. The van der Waals surface area contributed by atoms with Gasteiger partial charge in [0, 0.05) is 34.4 Å². The SMILES string of the molecule is NCC(NC(=O)c1cc(Br)c(-c2c[nH]c3ncccc23)s1)c1ccccc1. The van der Waals surface area contributed by atoms with E-state index in [1.807, 2.05) is 54.7 Å². The van der Waals surface area contributed by atoms with Crippen LogP contribution in [0, 0.1) is 0 Å². The Kier molecular flexibility index (Phi) is 5.07. The van der Waals surface area contributed by atoms with Gasteiger partial charge in [-0.05, 0) is 39.7 Å². The van der Waals surface area contributed by atoms with E-state index >= 15 is 0 Å². The molecule has 1 atom stereocenters. The molecular weight excluding hydrogens is 424 g/mol. The van der Waals surface area contributed by atoms with Crippen molar-refractivity contribution in [3.8, 4) is 10.4 Å². The molecule has 0 radical (unpaired) electrons. The highest BCUT2D eigenvalue weighted by molar-refractivity contribution is 9.10. The molecule has 4 aromatic rings. The van der Waals surface area contributed by atoms with E-state index < -0.39 is 0 Å². The number of H-pyrrole nitrogens is 1. The Morgan fingerprint density at radius 2 is 2.07 bits per heavy atom. The number of carbonyl (C=O) groups excluding carboxylic acids is 1. The maximum Gasteiger partial charge on any atom is 0.261 e. The van der Waals surface area contributed by atoms with E-state index in [0.29, 0.717) is 11.4 Å². The van der Waals surface area contributed by atoms with E-state index in [4.69, 9.17) is 5.73 Å². The van der Waals surface area contributed by atoms with E-state index in [0.717, 1.165) is 31.5 Å². The van der Waals surface area contributed by atoms with Gasteiger partial charge in [0.15, 0.2) is 0 Å². The van der Waals surface area contributed by atoms with Crippen molar-refractivity contribution in [2.24, 2.45) is 5.73 Å². The Morgan fingerprint density at radius 3 is 2.85 bits per heavy atom. The zero-order valence-electron chi connectivity index (χ0n) is 14.3. The van der Waals surface area contributed by atoms with E-state index in [2.05, 4.69) is 31.2 Å². The summed E-state index contributed by atoms with van der Waals surface area (Å²) in [6.07, 6.45) is 3.67. The number of carbonyl (C=O) groups is 1. The number of thiophene rings is 1. The molecule has 0 bridgehead atoms. The summed E-state index contributed by atoms with van der Waals surface area (Å²) >= 11 is 5.03. The number of aromatic nitrogens is 2. The molecule has 0 saturated carbocycles. The quantitative estimate of drug-likeness (QED) is 0.427. The fourth-order valence-corrected chi connectivity index (χ4v) is 4.82. The standard InChI is InChI=1S/C20H17BrN4OS/c21-15-9-17(20(26)25-16(10-22)12-5-2-1-3-6-12)27-18(15)14-11-24-19-13(14)7-4-8-23-19/h1-9,11,16H,10,22H2,(H,23,24)(H,25,26). The van der Waals surface area contributed by atoms with Gasteiger partial charge < -0.3 is 16.0 Å². The Hall–Kier alpha value is -2.48. The molecular formula is C20H17BrN4OS. The van der Waals surface area contributed by atoms with Gasteiger partial charge >= 0.3 is 0 Å². The van der Waals surface area contributed by atoms with Crippen LogP contribution in [0.1, 0.15) is 21.3 Å². The highest BCUT2D eigenvalue weighted by Crippen LogP contribution is 2.39. The van der Waals surface area contributed by atoms with Gasteiger partial charge in [0.1, 0.15) is 5.65 Å². The van der Waals surface area contributed by atoms with E-state index in [-0.39, 0.29) is 11.9 Å². The van der Waals surface area contributed by atoms with Crippen LogP contribution < -0.4 is 11.1 Å². The number of nitrogens with zero attached hydrogens (tertiary/aromatic N) is 1. The number of hydrogen-bond acceptors (Lipinski definition) is 4. The van der Waals surface area contributed by atoms with Gasteiger partial charge in [0.05, 0.1) is 15.8 Å². The van der Waals surface area contributed by atoms with Crippen LogP contribution in [0.2, 0.25) is 0 Å². The van der Waals surface area contributed by atoms with Crippen LogP contribution >= 0.6 is 27.3 Å². The summed E-state index contributed by atoms with van der Waals surface area (Å²) in [5.74, 6) is -0.135. The van der Waals surface area contributed by atoms with Gasteiger partial charge in [-0.3, -0.25) is 4.79 Å². The van der Waals surface area contributed by atoms with Gasteiger partial charge in [0.2, 0.25) is 0 Å². The fourth-order valence-electron chi connectivity index (χ4n) is 3.00. The van der Waals surface area contributed by atoms with Crippen molar-refractivity contribution in [1.29, 1.82) is 0 Å². The second kappa shape index (κ2) is 7.64. The van der Waals surface area contributed by atoms with Gasteiger partial charge in [0.25, 0.3) is 5.91 Å².